The Labute approximate surface area is 130 Å². The van der Waals surface area contributed by atoms with Crippen molar-refractivity contribution in [2.75, 3.05) is 0 Å². The van der Waals surface area contributed by atoms with E-state index < -0.39 is 10.8 Å². The van der Waals surface area contributed by atoms with E-state index >= 15 is 0 Å². The smallest absolute Gasteiger partial charge is 0.401 e. The monoisotopic (exact) mass is 319 g/mol. The zero-order chi connectivity index (χ0) is 15.9. The maximum Gasteiger partial charge on any atom is 0.433 e. The Morgan fingerprint density at radius 1 is 1.32 bits per heavy atom. The zero-order valence-electron chi connectivity index (χ0n) is 11.1. The number of hydrazone groups is 1. The van der Waals surface area contributed by atoms with Crippen LogP contribution in [-0.4, -0.2) is 17.0 Å². The number of nitrogens with zero attached hydrogens (tertiary/aromatic N) is 2. The highest BCUT2D eigenvalue weighted by molar-refractivity contribution is 6.33. The fourth-order valence-corrected chi connectivity index (χ4v) is 1.73. The van der Waals surface area contributed by atoms with Crippen LogP contribution in [0.25, 0.3) is 6.08 Å². The molecule has 0 bridgehead atoms. The molecule has 0 radical (unpaired) electrons. The van der Waals surface area contributed by atoms with Crippen molar-refractivity contribution in [1.29, 1.82) is 0 Å². The second-order valence-electron chi connectivity index (χ2n) is 3.99. The van der Waals surface area contributed by atoms with Crippen LogP contribution in [0.1, 0.15) is 16.1 Å². The van der Waals surface area contributed by atoms with E-state index in [2.05, 4.69) is 10.5 Å². The second kappa shape index (κ2) is 7.19. The summed E-state index contributed by atoms with van der Waals surface area (Å²) in [6, 6.07) is 9.28. The number of hydrogen-bond donors (Lipinski definition) is 1. The lowest BCUT2D eigenvalue weighted by molar-refractivity contribution is -0.402. The number of nitro groups is 1. The Bertz CT molecular complexity index is 752. The van der Waals surface area contributed by atoms with Gasteiger partial charge in [-0.25, -0.2) is 5.43 Å². The molecule has 0 aliphatic carbocycles. The summed E-state index contributed by atoms with van der Waals surface area (Å²) in [6.45, 7) is 0. The van der Waals surface area contributed by atoms with Gasteiger partial charge in [0.05, 0.1) is 16.7 Å². The van der Waals surface area contributed by atoms with E-state index in [0.29, 0.717) is 16.3 Å². The molecular weight excluding hydrogens is 310 g/mol. The van der Waals surface area contributed by atoms with E-state index in [-0.39, 0.29) is 5.88 Å². The molecule has 0 aliphatic heterocycles. The number of halogens is 1. The van der Waals surface area contributed by atoms with Gasteiger partial charge < -0.3 is 4.42 Å². The van der Waals surface area contributed by atoms with Crippen LogP contribution in [0.4, 0.5) is 5.88 Å². The predicted octanol–water partition coefficient (Wildman–Crippen LogP) is 3.27. The summed E-state index contributed by atoms with van der Waals surface area (Å²) < 4.78 is 4.91. The molecule has 2 aromatic rings. The summed E-state index contributed by atoms with van der Waals surface area (Å²) in [5, 5.41) is 14.5. The van der Waals surface area contributed by atoms with Crippen LogP contribution in [-0.2, 0) is 0 Å². The molecule has 8 heteroatoms. The summed E-state index contributed by atoms with van der Waals surface area (Å²) >= 11 is 5.87. The fourth-order valence-electron chi connectivity index (χ4n) is 1.51. The third-order valence-corrected chi connectivity index (χ3v) is 2.83. The maximum atomic E-state index is 11.8. The van der Waals surface area contributed by atoms with E-state index in [9.17, 15) is 14.9 Å². The van der Waals surface area contributed by atoms with Gasteiger partial charge >= 0.3 is 5.88 Å². The highest BCUT2D eigenvalue weighted by Crippen LogP contribution is 2.16. The molecule has 0 spiro atoms. The molecule has 0 unspecified atom stereocenters. The summed E-state index contributed by atoms with van der Waals surface area (Å²) in [4.78, 5) is 21.6. The van der Waals surface area contributed by atoms with Crippen molar-refractivity contribution in [1.82, 2.24) is 5.43 Å². The van der Waals surface area contributed by atoms with Crippen LogP contribution < -0.4 is 5.43 Å². The largest absolute Gasteiger partial charge is 0.433 e. The van der Waals surface area contributed by atoms with Crippen molar-refractivity contribution in [2.24, 2.45) is 5.10 Å². The number of carbonyl (C=O) groups is 1. The van der Waals surface area contributed by atoms with Crippen molar-refractivity contribution < 1.29 is 14.1 Å². The first-order chi connectivity index (χ1) is 10.6. The summed E-state index contributed by atoms with van der Waals surface area (Å²) in [5.41, 5.74) is 2.62. The summed E-state index contributed by atoms with van der Waals surface area (Å²) in [6.07, 6.45) is 4.25. The average molecular weight is 320 g/mol. The molecule has 0 aliphatic rings. The molecule has 2 rings (SSSR count). The number of hydrogen-bond acceptors (Lipinski definition) is 5. The molecule has 0 fully saturated rings. The van der Waals surface area contributed by atoms with Crippen LogP contribution >= 0.6 is 11.6 Å². The van der Waals surface area contributed by atoms with Crippen molar-refractivity contribution in [3.8, 4) is 0 Å². The van der Waals surface area contributed by atoms with Crippen molar-refractivity contribution in [3.05, 3.63) is 68.9 Å². The minimum atomic E-state index is -0.630. The number of rotatable bonds is 5. The first-order valence-corrected chi connectivity index (χ1v) is 6.44. The highest BCUT2D eigenvalue weighted by Gasteiger charge is 2.09. The number of carbonyl (C=O) groups excluding carboxylic acids is 1. The van der Waals surface area contributed by atoms with Gasteiger partial charge in [-0.2, -0.15) is 5.10 Å². The Hall–Kier alpha value is -2.93. The van der Waals surface area contributed by atoms with Gasteiger partial charge in [0.2, 0.25) is 0 Å². The van der Waals surface area contributed by atoms with Gasteiger partial charge in [-0.1, -0.05) is 23.7 Å². The normalized spacial score (nSPS) is 11.1. The first-order valence-electron chi connectivity index (χ1n) is 6.07. The minimum absolute atomic E-state index is 0.301. The van der Waals surface area contributed by atoms with Crippen LogP contribution in [0, 0.1) is 10.1 Å². The molecule has 7 nitrogen and oxygen atoms in total. The summed E-state index contributed by atoms with van der Waals surface area (Å²) in [7, 11) is 0. The topological polar surface area (TPSA) is 97.7 Å². The molecular formula is C14H10ClN3O4. The van der Waals surface area contributed by atoms with Gasteiger partial charge in [0.1, 0.15) is 10.7 Å². The van der Waals surface area contributed by atoms with Gasteiger partial charge in [-0.15, -0.1) is 0 Å². The van der Waals surface area contributed by atoms with Crippen LogP contribution in [0.15, 0.2) is 52.0 Å². The lowest BCUT2D eigenvalue weighted by Crippen LogP contribution is -2.17. The molecule has 1 N–H and O–H groups in total. The molecule has 0 saturated carbocycles. The molecule has 0 atom stereocenters. The molecule has 1 heterocycles. The van der Waals surface area contributed by atoms with E-state index in [1.807, 2.05) is 0 Å². The van der Waals surface area contributed by atoms with E-state index in [1.165, 1.54) is 30.5 Å². The number of benzene rings is 1. The molecule has 112 valence electrons. The van der Waals surface area contributed by atoms with Crippen molar-refractivity contribution >= 4 is 35.7 Å². The zero-order valence-corrected chi connectivity index (χ0v) is 11.9. The Morgan fingerprint density at radius 2 is 2.09 bits per heavy atom. The second-order valence-corrected chi connectivity index (χ2v) is 4.40. The molecule has 1 aromatic heterocycles. The van der Waals surface area contributed by atoms with Crippen molar-refractivity contribution in [2.45, 2.75) is 0 Å². The lowest BCUT2D eigenvalue weighted by atomic mass is 10.2. The molecule has 0 saturated heterocycles. The number of allylic oxidation sites excluding steroid dienone is 1. The number of furan rings is 1. The standard InChI is InChI=1S/C14H10ClN3O4/c15-12-6-2-1-5-11(12)14(19)17-16-9-3-4-10-7-8-13(22-10)18(20)21/h1-9H,(H,17,19)/b4-3+,16-9+. The quantitative estimate of drug-likeness (QED) is 0.519. The Morgan fingerprint density at radius 3 is 2.77 bits per heavy atom. The van der Waals surface area contributed by atoms with Crippen molar-refractivity contribution in [3.63, 3.8) is 0 Å². The highest BCUT2D eigenvalue weighted by atomic mass is 35.5. The number of nitrogens with one attached hydrogen (secondary N) is 1. The maximum absolute atomic E-state index is 11.8. The molecule has 22 heavy (non-hydrogen) atoms. The van der Waals surface area contributed by atoms with E-state index in [4.69, 9.17) is 16.0 Å². The Balaban J connectivity index is 1.90. The fraction of sp³-hybridized carbons (Fsp3) is 0. The van der Waals surface area contributed by atoms with Gasteiger partial charge in [-0.3, -0.25) is 14.9 Å². The Kier molecular flexibility index (Phi) is 5.05. The lowest BCUT2D eigenvalue weighted by Gasteiger charge is -2.00. The molecule has 1 aromatic carbocycles. The summed E-state index contributed by atoms with van der Waals surface area (Å²) in [5.74, 6) is -0.483. The first kappa shape index (κ1) is 15.5. The number of amides is 1. The van der Waals surface area contributed by atoms with Crippen LogP contribution in [0.5, 0.6) is 0 Å². The van der Waals surface area contributed by atoms with Gasteiger partial charge in [0, 0.05) is 6.21 Å². The van der Waals surface area contributed by atoms with Gasteiger partial charge in [-0.05, 0) is 30.4 Å². The average Bonchev–Trinajstić information content (AvgIpc) is 2.96. The molecule has 1 amide bonds. The van der Waals surface area contributed by atoms with E-state index in [0.717, 1.165) is 0 Å². The predicted molar refractivity (Wildman–Crippen MR) is 81.8 cm³/mol. The van der Waals surface area contributed by atoms with Gasteiger partial charge in [0.15, 0.2) is 0 Å². The van der Waals surface area contributed by atoms with E-state index in [1.54, 1.807) is 24.3 Å². The minimum Gasteiger partial charge on any atom is -0.401 e. The van der Waals surface area contributed by atoms with Crippen LogP contribution in [0.2, 0.25) is 5.02 Å². The van der Waals surface area contributed by atoms with Gasteiger partial charge in [0.25, 0.3) is 5.91 Å². The SMILES string of the molecule is O=C(N/N=C/C=C/c1ccc([N+](=O)[O-])o1)c1ccccc1Cl. The third-order valence-electron chi connectivity index (χ3n) is 2.50. The van der Waals surface area contributed by atoms with Crippen LogP contribution in [0.3, 0.4) is 0 Å². The third kappa shape index (κ3) is 4.03.